The van der Waals surface area contributed by atoms with Crippen LogP contribution in [0.4, 0.5) is 0 Å². The number of hydrogen-bond acceptors (Lipinski definition) is 3. The lowest BCUT2D eigenvalue weighted by Gasteiger charge is -2.25. The Kier molecular flexibility index (Phi) is 1.90. The monoisotopic (exact) mass is 168 g/mol. The molecule has 0 bridgehead atoms. The summed E-state index contributed by atoms with van der Waals surface area (Å²) in [5.74, 6) is 0.987. The van der Waals surface area contributed by atoms with Gasteiger partial charge in [0, 0.05) is 19.1 Å². The van der Waals surface area contributed by atoms with E-state index in [9.17, 15) is 0 Å². The van der Waals surface area contributed by atoms with Crippen LogP contribution in [0, 0.1) is 0 Å². The fraction of sp³-hybridized carbons (Fsp3) is 0.556. The van der Waals surface area contributed by atoms with Gasteiger partial charge in [-0.1, -0.05) is 0 Å². The lowest BCUT2D eigenvalue weighted by atomic mass is 10.1. The van der Waals surface area contributed by atoms with E-state index in [-0.39, 0.29) is 12.4 Å². The Hall–Kier alpha value is -0.800. The van der Waals surface area contributed by atoms with Crippen LogP contribution in [0.25, 0.3) is 0 Å². The first-order valence-electron chi connectivity index (χ1n) is 4.06. The standard InChI is InChI=1S/C9H12O3/c1-6-5-8-7(3-4-11-8)9(10-2)12-6/h3-4,6,9H,5H2,1-2H3. The van der Waals surface area contributed by atoms with E-state index < -0.39 is 0 Å². The Bertz CT molecular complexity index is 266. The van der Waals surface area contributed by atoms with Crippen LogP contribution in [0.2, 0.25) is 0 Å². The van der Waals surface area contributed by atoms with Crippen molar-refractivity contribution in [2.24, 2.45) is 0 Å². The van der Waals surface area contributed by atoms with E-state index >= 15 is 0 Å². The third-order valence-corrected chi connectivity index (χ3v) is 2.08. The highest BCUT2D eigenvalue weighted by Gasteiger charge is 2.26. The summed E-state index contributed by atoms with van der Waals surface area (Å²) in [4.78, 5) is 0. The first kappa shape index (κ1) is 7.83. The third kappa shape index (κ3) is 1.15. The zero-order valence-corrected chi connectivity index (χ0v) is 7.24. The molecule has 2 atom stereocenters. The summed E-state index contributed by atoms with van der Waals surface area (Å²) in [5, 5.41) is 0. The maximum atomic E-state index is 5.54. The van der Waals surface area contributed by atoms with Crippen molar-refractivity contribution in [2.45, 2.75) is 25.7 Å². The first-order valence-corrected chi connectivity index (χ1v) is 4.06. The van der Waals surface area contributed by atoms with Crippen molar-refractivity contribution in [2.75, 3.05) is 7.11 Å². The molecule has 12 heavy (non-hydrogen) atoms. The Morgan fingerprint density at radius 1 is 1.58 bits per heavy atom. The van der Waals surface area contributed by atoms with Crippen molar-refractivity contribution in [3.63, 3.8) is 0 Å². The van der Waals surface area contributed by atoms with Crippen molar-refractivity contribution in [3.05, 3.63) is 23.7 Å². The highest BCUT2D eigenvalue weighted by molar-refractivity contribution is 5.21. The summed E-state index contributed by atoms with van der Waals surface area (Å²) >= 11 is 0. The molecule has 0 aromatic carbocycles. The van der Waals surface area contributed by atoms with E-state index in [1.807, 2.05) is 13.0 Å². The van der Waals surface area contributed by atoms with E-state index in [0.717, 1.165) is 17.7 Å². The Morgan fingerprint density at radius 3 is 3.17 bits per heavy atom. The van der Waals surface area contributed by atoms with E-state index in [1.54, 1.807) is 13.4 Å². The SMILES string of the molecule is COC1OC(C)Cc2occc21. The molecule has 0 aliphatic carbocycles. The van der Waals surface area contributed by atoms with Gasteiger partial charge < -0.3 is 13.9 Å². The predicted octanol–water partition coefficient (Wildman–Crippen LogP) is 1.89. The molecule has 1 aliphatic rings. The zero-order chi connectivity index (χ0) is 8.55. The minimum absolute atomic E-state index is 0.175. The maximum Gasteiger partial charge on any atom is 0.187 e. The van der Waals surface area contributed by atoms with Gasteiger partial charge in [-0.3, -0.25) is 0 Å². The number of ether oxygens (including phenoxy) is 2. The molecule has 0 amide bonds. The fourth-order valence-electron chi connectivity index (χ4n) is 1.50. The lowest BCUT2D eigenvalue weighted by molar-refractivity contribution is -0.165. The smallest absolute Gasteiger partial charge is 0.187 e. The summed E-state index contributed by atoms with van der Waals surface area (Å²) in [6, 6.07) is 1.90. The van der Waals surface area contributed by atoms with Crippen LogP contribution in [0.5, 0.6) is 0 Å². The van der Waals surface area contributed by atoms with Gasteiger partial charge in [0.15, 0.2) is 6.29 Å². The third-order valence-electron chi connectivity index (χ3n) is 2.08. The number of fused-ring (bicyclic) bond motifs is 1. The predicted molar refractivity (Wildman–Crippen MR) is 42.7 cm³/mol. The van der Waals surface area contributed by atoms with Crippen molar-refractivity contribution < 1.29 is 13.9 Å². The van der Waals surface area contributed by atoms with Gasteiger partial charge in [-0.05, 0) is 13.0 Å². The summed E-state index contributed by atoms with van der Waals surface area (Å²) < 4.78 is 16.0. The molecular weight excluding hydrogens is 156 g/mol. The van der Waals surface area contributed by atoms with Gasteiger partial charge in [-0.25, -0.2) is 0 Å². The lowest BCUT2D eigenvalue weighted by Crippen LogP contribution is -2.23. The van der Waals surface area contributed by atoms with Crippen molar-refractivity contribution in [1.29, 1.82) is 0 Å². The number of furan rings is 1. The summed E-state index contributed by atoms with van der Waals surface area (Å²) in [6.07, 6.45) is 2.44. The molecule has 0 radical (unpaired) electrons. The van der Waals surface area contributed by atoms with Crippen molar-refractivity contribution in [3.8, 4) is 0 Å². The van der Waals surface area contributed by atoms with E-state index in [1.165, 1.54) is 0 Å². The topological polar surface area (TPSA) is 31.6 Å². The number of rotatable bonds is 1. The van der Waals surface area contributed by atoms with Gasteiger partial charge in [-0.15, -0.1) is 0 Å². The van der Waals surface area contributed by atoms with Gasteiger partial charge in [0.25, 0.3) is 0 Å². The molecule has 0 saturated heterocycles. The molecule has 2 heterocycles. The van der Waals surface area contributed by atoms with Crippen molar-refractivity contribution >= 4 is 0 Å². The fourth-order valence-corrected chi connectivity index (χ4v) is 1.50. The maximum absolute atomic E-state index is 5.54. The van der Waals surface area contributed by atoms with E-state index in [0.29, 0.717) is 0 Å². The Balaban J connectivity index is 2.31. The molecule has 1 aliphatic heterocycles. The van der Waals surface area contributed by atoms with Gasteiger partial charge in [0.05, 0.1) is 12.4 Å². The first-order chi connectivity index (χ1) is 5.81. The van der Waals surface area contributed by atoms with E-state index in [4.69, 9.17) is 13.9 Å². The molecule has 2 unspecified atom stereocenters. The zero-order valence-electron chi connectivity index (χ0n) is 7.24. The van der Waals surface area contributed by atoms with Crippen LogP contribution in [0.3, 0.4) is 0 Å². The van der Waals surface area contributed by atoms with Gasteiger partial charge in [-0.2, -0.15) is 0 Å². The molecular formula is C9H12O3. The van der Waals surface area contributed by atoms with Crippen LogP contribution in [-0.4, -0.2) is 13.2 Å². The Morgan fingerprint density at radius 2 is 2.42 bits per heavy atom. The average Bonchev–Trinajstić information content (AvgIpc) is 2.50. The molecule has 3 heteroatoms. The minimum atomic E-state index is -0.248. The largest absolute Gasteiger partial charge is 0.469 e. The summed E-state index contributed by atoms with van der Waals surface area (Å²) in [5.41, 5.74) is 1.02. The average molecular weight is 168 g/mol. The summed E-state index contributed by atoms with van der Waals surface area (Å²) in [7, 11) is 1.64. The second-order valence-corrected chi connectivity index (χ2v) is 3.02. The van der Waals surface area contributed by atoms with Gasteiger partial charge >= 0.3 is 0 Å². The molecule has 2 rings (SSSR count). The van der Waals surface area contributed by atoms with Crippen molar-refractivity contribution in [1.82, 2.24) is 0 Å². The molecule has 0 saturated carbocycles. The molecule has 66 valence electrons. The molecule has 3 nitrogen and oxygen atoms in total. The van der Waals surface area contributed by atoms with Gasteiger partial charge in [0.1, 0.15) is 5.76 Å². The molecule has 1 aromatic rings. The number of methoxy groups -OCH3 is 1. The summed E-state index contributed by atoms with van der Waals surface area (Å²) in [6.45, 7) is 2.01. The van der Waals surface area contributed by atoms with E-state index in [2.05, 4.69) is 0 Å². The van der Waals surface area contributed by atoms with Crippen LogP contribution in [0.15, 0.2) is 16.7 Å². The normalized spacial score (nSPS) is 28.5. The molecule has 1 aromatic heterocycles. The highest BCUT2D eigenvalue weighted by atomic mass is 16.7. The second-order valence-electron chi connectivity index (χ2n) is 3.02. The minimum Gasteiger partial charge on any atom is -0.469 e. The molecule has 0 spiro atoms. The van der Waals surface area contributed by atoms with Crippen LogP contribution < -0.4 is 0 Å². The molecule has 0 N–H and O–H groups in total. The Labute approximate surface area is 71.3 Å². The van der Waals surface area contributed by atoms with Crippen LogP contribution in [0.1, 0.15) is 24.5 Å². The molecule has 0 fully saturated rings. The van der Waals surface area contributed by atoms with Crippen LogP contribution in [-0.2, 0) is 15.9 Å². The highest BCUT2D eigenvalue weighted by Crippen LogP contribution is 2.30. The van der Waals surface area contributed by atoms with Gasteiger partial charge in [0.2, 0.25) is 0 Å². The van der Waals surface area contributed by atoms with Crippen LogP contribution >= 0.6 is 0 Å². The number of hydrogen-bond donors (Lipinski definition) is 0. The second kappa shape index (κ2) is 2.92. The quantitative estimate of drug-likeness (QED) is 0.641.